The van der Waals surface area contributed by atoms with Crippen LogP contribution in [0.25, 0.3) is 0 Å². The molecule has 1 aliphatic heterocycles. The zero-order valence-electron chi connectivity index (χ0n) is 8.80. The van der Waals surface area contributed by atoms with E-state index in [2.05, 4.69) is 21.2 Å². The molecule has 1 heterocycles. The van der Waals surface area contributed by atoms with E-state index in [4.69, 9.17) is 0 Å². The first-order valence-electron chi connectivity index (χ1n) is 5.34. The highest BCUT2D eigenvalue weighted by Crippen LogP contribution is 2.08. The average Bonchev–Trinajstić information content (AvgIpc) is 2.70. The molecular weight excluding hydrogens is 260 g/mol. The van der Waals surface area contributed by atoms with Crippen molar-refractivity contribution in [2.45, 2.75) is 25.7 Å². The summed E-state index contributed by atoms with van der Waals surface area (Å²) in [4.78, 5) is 24.5. The number of rotatable bonds is 5. The lowest BCUT2D eigenvalue weighted by atomic mass is 10.3. The molecule has 15 heavy (non-hydrogen) atoms. The molecule has 5 heteroatoms. The van der Waals surface area contributed by atoms with E-state index in [-0.39, 0.29) is 11.8 Å². The van der Waals surface area contributed by atoms with Crippen molar-refractivity contribution in [3.8, 4) is 0 Å². The molecule has 1 N–H and O–H groups in total. The molecule has 0 spiro atoms. The molecule has 2 amide bonds. The van der Waals surface area contributed by atoms with Crippen LogP contribution < -0.4 is 5.32 Å². The molecule has 1 rings (SSSR count). The Labute approximate surface area is 98.5 Å². The van der Waals surface area contributed by atoms with Gasteiger partial charge in [0.1, 0.15) is 0 Å². The number of alkyl halides is 1. The highest BCUT2D eigenvalue weighted by molar-refractivity contribution is 9.09. The molecule has 1 aliphatic rings. The fraction of sp³-hybridized carbons (Fsp3) is 0.800. The van der Waals surface area contributed by atoms with E-state index in [1.165, 1.54) is 0 Å². The summed E-state index contributed by atoms with van der Waals surface area (Å²) in [5.74, 6) is 0.160. The second kappa shape index (κ2) is 6.82. The van der Waals surface area contributed by atoms with Gasteiger partial charge in [-0.1, -0.05) is 15.9 Å². The largest absolute Gasteiger partial charge is 0.356 e. The van der Waals surface area contributed by atoms with Gasteiger partial charge in [0.05, 0.1) is 0 Å². The van der Waals surface area contributed by atoms with Crippen molar-refractivity contribution in [2.75, 3.05) is 25.0 Å². The monoisotopic (exact) mass is 276 g/mol. The first-order valence-corrected chi connectivity index (χ1v) is 6.46. The molecule has 0 aromatic carbocycles. The van der Waals surface area contributed by atoms with Crippen molar-refractivity contribution in [3.05, 3.63) is 0 Å². The Morgan fingerprint density at radius 1 is 1.20 bits per heavy atom. The van der Waals surface area contributed by atoms with E-state index in [1.807, 2.05) is 4.90 Å². The lowest BCUT2D eigenvalue weighted by Gasteiger charge is -2.14. The Morgan fingerprint density at radius 3 is 2.47 bits per heavy atom. The molecule has 0 bridgehead atoms. The number of nitrogens with zero attached hydrogens (tertiary/aromatic N) is 1. The van der Waals surface area contributed by atoms with E-state index in [9.17, 15) is 9.59 Å². The SMILES string of the molecule is O=C(CCBr)NCCC(=O)N1CCCC1. The summed E-state index contributed by atoms with van der Waals surface area (Å²) >= 11 is 3.19. The number of amides is 2. The summed E-state index contributed by atoms with van der Waals surface area (Å²) in [6, 6.07) is 0. The van der Waals surface area contributed by atoms with Crippen LogP contribution in [-0.2, 0) is 9.59 Å². The normalized spacial score (nSPS) is 15.4. The fourth-order valence-corrected chi connectivity index (χ4v) is 1.97. The zero-order chi connectivity index (χ0) is 11.1. The lowest BCUT2D eigenvalue weighted by molar-refractivity contribution is -0.130. The minimum atomic E-state index is 0.00102. The van der Waals surface area contributed by atoms with Crippen molar-refractivity contribution in [2.24, 2.45) is 0 Å². The minimum Gasteiger partial charge on any atom is -0.356 e. The van der Waals surface area contributed by atoms with Gasteiger partial charge in [-0.05, 0) is 12.8 Å². The predicted octanol–water partition coefficient (Wildman–Crippen LogP) is 0.900. The Morgan fingerprint density at radius 2 is 1.87 bits per heavy atom. The zero-order valence-corrected chi connectivity index (χ0v) is 10.4. The van der Waals surface area contributed by atoms with Gasteiger partial charge in [0.25, 0.3) is 0 Å². The quantitative estimate of drug-likeness (QED) is 0.759. The van der Waals surface area contributed by atoms with Crippen LogP contribution >= 0.6 is 15.9 Å². The molecule has 0 saturated carbocycles. The van der Waals surface area contributed by atoms with Crippen LogP contribution in [0.5, 0.6) is 0 Å². The van der Waals surface area contributed by atoms with E-state index >= 15 is 0 Å². The standard InChI is InChI=1S/C10H17BrN2O2/c11-5-3-9(14)12-6-4-10(15)13-7-1-2-8-13/h1-8H2,(H,12,14). The van der Waals surface area contributed by atoms with Crippen molar-refractivity contribution in [1.29, 1.82) is 0 Å². The first-order chi connectivity index (χ1) is 7.24. The van der Waals surface area contributed by atoms with Crippen LogP contribution in [0, 0.1) is 0 Å². The Kier molecular flexibility index (Phi) is 5.68. The number of carbonyl (C=O) groups is 2. The minimum absolute atomic E-state index is 0.00102. The van der Waals surface area contributed by atoms with Crippen LogP contribution in [0.3, 0.4) is 0 Å². The van der Waals surface area contributed by atoms with Crippen LogP contribution in [0.4, 0.5) is 0 Å². The fourth-order valence-electron chi connectivity index (χ4n) is 1.61. The Balaban J connectivity index is 2.08. The summed E-state index contributed by atoms with van der Waals surface area (Å²) in [5, 5.41) is 3.39. The number of nitrogens with one attached hydrogen (secondary N) is 1. The van der Waals surface area contributed by atoms with Gasteiger partial charge in [-0.25, -0.2) is 0 Å². The van der Waals surface area contributed by atoms with Gasteiger partial charge in [-0.3, -0.25) is 9.59 Å². The van der Waals surface area contributed by atoms with E-state index in [0.717, 1.165) is 25.9 Å². The maximum absolute atomic E-state index is 11.6. The molecule has 0 aromatic rings. The number of halogens is 1. The highest BCUT2D eigenvalue weighted by Gasteiger charge is 2.17. The van der Waals surface area contributed by atoms with Crippen LogP contribution in [-0.4, -0.2) is 41.7 Å². The maximum Gasteiger partial charge on any atom is 0.224 e. The molecule has 0 aliphatic carbocycles. The van der Waals surface area contributed by atoms with Crippen molar-refractivity contribution >= 4 is 27.7 Å². The van der Waals surface area contributed by atoms with Crippen molar-refractivity contribution in [1.82, 2.24) is 10.2 Å². The van der Waals surface area contributed by atoms with E-state index in [1.54, 1.807) is 0 Å². The predicted molar refractivity (Wildman–Crippen MR) is 61.9 cm³/mol. The van der Waals surface area contributed by atoms with Gasteiger partial charge in [0.2, 0.25) is 11.8 Å². The smallest absolute Gasteiger partial charge is 0.224 e. The molecule has 86 valence electrons. The molecule has 0 atom stereocenters. The van der Waals surface area contributed by atoms with Gasteiger partial charge in [0.15, 0.2) is 0 Å². The van der Waals surface area contributed by atoms with Crippen LogP contribution in [0.1, 0.15) is 25.7 Å². The van der Waals surface area contributed by atoms with Gasteiger partial charge < -0.3 is 10.2 Å². The molecular formula is C10H17BrN2O2. The third-order valence-corrected chi connectivity index (χ3v) is 2.84. The average molecular weight is 277 g/mol. The summed E-state index contributed by atoms with van der Waals surface area (Å²) in [7, 11) is 0. The molecule has 0 radical (unpaired) electrons. The van der Waals surface area contributed by atoms with Crippen LogP contribution in [0.15, 0.2) is 0 Å². The summed E-state index contributed by atoms with van der Waals surface area (Å²) in [6.07, 6.45) is 3.12. The van der Waals surface area contributed by atoms with E-state index in [0.29, 0.717) is 24.7 Å². The summed E-state index contributed by atoms with van der Waals surface area (Å²) < 4.78 is 0. The number of carbonyl (C=O) groups excluding carboxylic acids is 2. The van der Waals surface area contributed by atoms with Crippen LogP contribution in [0.2, 0.25) is 0 Å². The first kappa shape index (κ1) is 12.5. The van der Waals surface area contributed by atoms with Gasteiger partial charge in [-0.15, -0.1) is 0 Å². The second-order valence-corrected chi connectivity index (χ2v) is 4.42. The summed E-state index contributed by atoms with van der Waals surface area (Å²) in [5.41, 5.74) is 0. The van der Waals surface area contributed by atoms with E-state index < -0.39 is 0 Å². The number of hydrogen-bond donors (Lipinski definition) is 1. The van der Waals surface area contributed by atoms with Gasteiger partial charge >= 0.3 is 0 Å². The van der Waals surface area contributed by atoms with Gasteiger partial charge in [-0.2, -0.15) is 0 Å². The Hall–Kier alpha value is -0.580. The maximum atomic E-state index is 11.6. The Bertz CT molecular complexity index is 227. The molecule has 1 saturated heterocycles. The molecule has 0 aromatic heterocycles. The topological polar surface area (TPSA) is 49.4 Å². The summed E-state index contributed by atoms with van der Waals surface area (Å²) in [6.45, 7) is 2.23. The van der Waals surface area contributed by atoms with Crippen molar-refractivity contribution in [3.63, 3.8) is 0 Å². The number of likely N-dealkylation sites (tertiary alicyclic amines) is 1. The molecule has 4 nitrogen and oxygen atoms in total. The molecule has 1 fully saturated rings. The third kappa shape index (κ3) is 4.64. The third-order valence-electron chi connectivity index (χ3n) is 2.44. The molecule has 0 unspecified atom stereocenters. The highest BCUT2D eigenvalue weighted by atomic mass is 79.9. The number of hydrogen-bond acceptors (Lipinski definition) is 2. The van der Waals surface area contributed by atoms with Crippen molar-refractivity contribution < 1.29 is 9.59 Å². The second-order valence-electron chi connectivity index (χ2n) is 3.63. The van der Waals surface area contributed by atoms with Gasteiger partial charge in [0, 0.05) is 37.8 Å². The lowest BCUT2D eigenvalue weighted by Crippen LogP contribution is -2.32.